The molecule has 2 N–H and O–H groups in total. The Kier molecular flexibility index (Phi) is 7.86. The Balaban J connectivity index is 1.39. The van der Waals surface area contributed by atoms with E-state index in [1.807, 2.05) is 42.5 Å². The molecule has 0 bridgehead atoms. The molecular weight excluding hydrogens is 498 g/mol. The van der Waals surface area contributed by atoms with Gasteiger partial charge in [-0.15, -0.1) is 0 Å². The zero-order valence-electron chi connectivity index (χ0n) is 21.5. The second-order valence-corrected chi connectivity index (χ2v) is 11.9. The van der Waals surface area contributed by atoms with Crippen LogP contribution in [0.1, 0.15) is 32.6 Å². The van der Waals surface area contributed by atoms with Crippen LogP contribution in [0.25, 0.3) is 21.9 Å². The van der Waals surface area contributed by atoms with Crippen LogP contribution in [0.3, 0.4) is 0 Å². The van der Waals surface area contributed by atoms with Crippen molar-refractivity contribution in [3.63, 3.8) is 0 Å². The highest BCUT2D eigenvalue weighted by molar-refractivity contribution is 7.91. The van der Waals surface area contributed by atoms with Gasteiger partial charge in [0.1, 0.15) is 23.0 Å². The first kappa shape index (κ1) is 26.1. The summed E-state index contributed by atoms with van der Waals surface area (Å²) in [6.45, 7) is 3.39. The lowest BCUT2D eigenvalue weighted by Gasteiger charge is -2.23. The highest BCUT2D eigenvalue weighted by atomic mass is 32.2. The molecule has 7 heteroatoms. The molecule has 1 unspecified atom stereocenters. The lowest BCUT2D eigenvalue weighted by atomic mass is 9.99. The summed E-state index contributed by atoms with van der Waals surface area (Å²) in [5, 5.41) is 15.2. The van der Waals surface area contributed by atoms with Gasteiger partial charge in [0.15, 0.2) is 9.84 Å². The summed E-state index contributed by atoms with van der Waals surface area (Å²) in [4.78, 5) is 0.298. The van der Waals surface area contributed by atoms with Crippen molar-refractivity contribution in [1.82, 2.24) is 5.32 Å². The van der Waals surface area contributed by atoms with Crippen molar-refractivity contribution in [2.45, 2.75) is 43.5 Å². The summed E-state index contributed by atoms with van der Waals surface area (Å²) >= 11 is 0. The van der Waals surface area contributed by atoms with Gasteiger partial charge in [-0.05, 0) is 97.4 Å². The van der Waals surface area contributed by atoms with Crippen molar-refractivity contribution < 1.29 is 23.0 Å². The average molecular weight is 532 g/mol. The van der Waals surface area contributed by atoms with Crippen molar-refractivity contribution >= 4 is 20.6 Å². The zero-order chi connectivity index (χ0) is 26.5. The molecule has 6 nitrogen and oxygen atoms in total. The molecule has 0 amide bonds. The van der Waals surface area contributed by atoms with Gasteiger partial charge in [-0.3, -0.25) is 0 Å². The molecule has 198 valence electrons. The third kappa shape index (κ3) is 5.95. The van der Waals surface area contributed by atoms with E-state index in [1.165, 1.54) is 19.3 Å². The fraction of sp³-hybridized carbons (Fsp3) is 0.290. The normalized spacial score (nSPS) is 15.9. The Hall–Kier alpha value is -3.55. The van der Waals surface area contributed by atoms with Crippen molar-refractivity contribution in [1.29, 1.82) is 0 Å². The van der Waals surface area contributed by atoms with E-state index in [9.17, 15) is 13.5 Å². The third-order valence-electron chi connectivity index (χ3n) is 7.05. The number of fused-ring (bicyclic) bond motifs is 1. The molecule has 0 radical (unpaired) electrons. The van der Waals surface area contributed by atoms with Crippen LogP contribution in [-0.2, 0) is 9.84 Å². The number of benzene rings is 4. The molecule has 1 aliphatic rings. The molecule has 1 heterocycles. The highest BCUT2D eigenvalue weighted by Gasteiger charge is 2.16. The number of nitrogens with one attached hydrogen (secondary N) is 1. The summed E-state index contributed by atoms with van der Waals surface area (Å²) in [6.07, 6.45) is 4.73. The van der Waals surface area contributed by atoms with Crippen LogP contribution in [0.4, 0.5) is 0 Å². The molecule has 38 heavy (non-hydrogen) atoms. The largest absolute Gasteiger partial charge is 0.508 e. The first-order valence-corrected chi connectivity index (χ1v) is 14.8. The Morgan fingerprint density at radius 3 is 2.39 bits per heavy atom. The zero-order valence-corrected chi connectivity index (χ0v) is 22.3. The molecular formula is C31H33NO5S. The van der Waals surface area contributed by atoms with Gasteiger partial charge in [0.05, 0.1) is 17.3 Å². The van der Waals surface area contributed by atoms with Gasteiger partial charge in [0.25, 0.3) is 0 Å². The summed E-state index contributed by atoms with van der Waals surface area (Å²) < 4.78 is 36.9. The predicted molar refractivity (Wildman–Crippen MR) is 151 cm³/mol. The summed E-state index contributed by atoms with van der Waals surface area (Å²) in [5.74, 6) is 2.31. The monoisotopic (exact) mass is 531 g/mol. The van der Waals surface area contributed by atoms with Gasteiger partial charge < -0.3 is 19.9 Å². The molecule has 0 aliphatic carbocycles. The maximum Gasteiger partial charge on any atom is 0.178 e. The van der Waals surface area contributed by atoms with Crippen LogP contribution < -0.4 is 14.8 Å². The summed E-state index contributed by atoms with van der Waals surface area (Å²) in [6, 6.07) is 24.0. The number of hydrogen-bond donors (Lipinski definition) is 2. The number of phenols is 1. The van der Waals surface area contributed by atoms with E-state index < -0.39 is 9.84 Å². The highest BCUT2D eigenvalue weighted by Crippen LogP contribution is 2.41. The van der Waals surface area contributed by atoms with Crippen LogP contribution in [-0.4, -0.2) is 38.5 Å². The number of piperidine rings is 1. The van der Waals surface area contributed by atoms with E-state index >= 15 is 0 Å². The quantitative estimate of drug-likeness (QED) is 0.250. The fourth-order valence-electron chi connectivity index (χ4n) is 4.85. The summed E-state index contributed by atoms with van der Waals surface area (Å²) in [7, 11) is -3.29. The van der Waals surface area contributed by atoms with E-state index in [-0.39, 0.29) is 11.5 Å². The van der Waals surface area contributed by atoms with Crippen molar-refractivity contribution in [3.05, 3.63) is 78.9 Å². The van der Waals surface area contributed by atoms with Gasteiger partial charge >= 0.3 is 0 Å². The number of hydrogen-bond acceptors (Lipinski definition) is 6. The van der Waals surface area contributed by atoms with Gasteiger partial charge in [-0.2, -0.15) is 0 Å². The maximum absolute atomic E-state index is 12.3. The molecule has 0 aromatic heterocycles. The predicted octanol–water partition coefficient (Wildman–Crippen LogP) is 6.71. The smallest absolute Gasteiger partial charge is 0.178 e. The van der Waals surface area contributed by atoms with Crippen molar-refractivity contribution in [2.75, 3.05) is 18.9 Å². The minimum absolute atomic E-state index is 0.0529. The lowest BCUT2D eigenvalue weighted by molar-refractivity contribution is 0.268. The van der Waals surface area contributed by atoms with Gasteiger partial charge in [0, 0.05) is 17.0 Å². The third-order valence-corrected chi connectivity index (χ3v) is 8.80. The number of phenolic OH excluding ortho intramolecular Hbond substituents is 1. The van der Waals surface area contributed by atoms with Crippen LogP contribution in [0, 0.1) is 0 Å². The van der Waals surface area contributed by atoms with E-state index in [0.29, 0.717) is 29.0 Å². The molecule has 0 spiro atoms. The minimum atomic E-state index is -3.29. The fourth-order valence-corrected chi connectivity index (χ4v) is 5.73. The maximum atomic E-state index is 12.3. The molecule has 4 aromatic rings. The first-order chi connectivity index (χ1) is 18.4. The van der Waals surface area contributed by atoms with Crippen LogP contribution >= 0.6 is 0 Å². The Morgan fingerprint density at radius 2 is 1.68 bits per heavy atom. The van der Waals surface area contributed by atoms with Crippen LogP contribution in [0.5, 0.6) is 23.0 Å². The van der Waals surface area contributed by atoms with Crippen LogP contribution in [0.15, 0.2) is 83.8 Å². The Morgan fingerprint density at radius 1 is 0.921 bits per heavy atom. The molecule has 1 fully saturated rings. The van der Waals surface area contributed by atoms with E-state index in [4.69, 9.17) is 9.47 Å². The average Bonchev–Trinajstić information content (AvgIpc) is 2.94. The van der Waals surface area contributed by atoms with E-state index in [0.717, 1.165) is 40.6 Å². The van der Waals surface area contributed by atoms with Crippen molar-refractivity contribution in [2.24, 2.45) is 0 Å². The number of rotatable bonds is 9. The lowest BCUT2D eigenvalue weighted by Crippen LogP contribution is -2.35. The molecule has 1 aliphatic heterocycles. The number of sulfone groups is 1. The first-order valence-electron chi connectivity index (χ1n) is 13.2. The SMILES string of the molecule is CCS(=O)(=O)c1ccc(-c2ccc3cc(O)ccc3c2Oc2ccc(OCCC3CCCCN3)cc2)cc1. The number of ether oxygens (including phenoxy) is 2. The van der Waals surface area contributed by atoms with Gasteiger partial charge in [0.2, 0.25) is 0 Å². The Bertz CT molecular complexity index is 1490. The molecule has 1 atom stereocenters. The second kappa shape index (κ2) is 11.5. The Labute approximate surface area is 224 Å². The molecule has 4 aromatic carbocycles. The van der Waals surface area contributed by atoms with Crippen LogP contribution in [0.2, 0.25) is 0 Å². The van der Waals surface area contributed by atoms with E-state index in [2.05, 4.69) is 5.32 Å². The number of aromatic hydroxyl groups is 1. The van der Waals surface area contributed by atoms with E-state index in [1.54, 1.807) is 43.3 Å². The standard InChI is InChI=1S/C31H33NO5S/c1-2-38(34,35)28-14-6-22(7-15-28)29-16-8-23-21-25(33)9-17-30(23)31(29)37-27-12-10-26(11-13-27)36-20-18-24-5-3-4-19-32-24/h6-17,21,24,32-33H,2-5,18-20H2,1H3. The van der Waals surface area contributed by atoms with Crippen molar-refractivity contribution in [3.8, 4) is 34.1 Å². The second-order valence-electron chi connectivity index (χ2n) is 9.63. The summed E-state index contributed by atoms with van der Waals surface area (Å²) in [5.41, 5.74) is 1.66. The minimum Gasteiger partial charge on any atom is -0.508 e. The molecule has 0 saturated carbocycles. The molecule has 1 saturated heterocycles. The van der Waals surface area contributed by atoms with Gasteiger partial charge in [-0.1, -0.05) is 31.5 Å². The topological polar surface area (TPSA) is 84.9 Å². The van der Waals surface area contributed by atoms with Gasteiger partial charge in [-0.25, -0.2) is 8.42 Å². The molecule has 5 rings (SSSR count).